The van der Waals surface area contributed by atoms with Gasteiger partial charge in [-0.2, -0.15) is 0 Å². The average Bonchev–Trinajstić information content (AvgIpc) is 2.28. The Balaban J connectivity index is 2.55. The first-order valence-corrected chi connectivity index (χ1v) is 4.95. The van der Waals surface area contributed by atoms with Crippen LogP contribution in [0.3, 0.4) is 0 Å². The fourth-order valence-electron chi connectivity index (χ4n) is 2.00. The summed E-state index contributed by atoms with van der Waals surface area (Å²) in [6, 6.07) is 17.9. The SMILES string of the molecule is Oc1ccc2c(ccc3ccccc32)c1. The summed E-state index contributed by atoms with van der Waals surface area (Å²) in [5.41, 5.74) is 0. The molecule has 1 nitrogen and oxygen atoms in total. The molecule has 0 saturated heterocycles. The van der Waals surface area contributed by atoms with Crippen LogP contribution >= 0.6 is 0 Å². The number of rotatable bonds is 0. The molecule has 0 bridgehead atoms. The molecule has 0 unspecified atom stereocenters. The van der Waals surface area contributed by atoms with Gasteiger partial charge in [-0.25, -0.2) is 0 Å². The Labute approximate surface area is 87.6 Å². The molecule has 0 heterocycles. The van der Waals surface area contributed by atoms with Crippen molar-refractivity contribution in [3.8, 4) is 5.75 Å². The number of phenols is 1. The van der Waals surface area contributed by atoms with E-state index in [9.17, 15) is 5.11 Å². The lowest BCUT2D eigenvalue weighted by Crippen LogP contribution is -1.76. The second kappa shape index (κ2) is 2.99. The van der Waals surface area contributed by atoms with Crippen molar-refractivity contribution in [2.75, 3.05) is 0 Å². The first-order valence-electron chi connectivity index (χ1n) is 4.95. The van der Waals surface area contributed by atoms with Crippen molar-refractivity contribution in [3.63, 3.8) is 0 Å². The van der Waals surface area contributed by atoms with Gasteiger partial charge in [-0.1, -0.05) is 42.5 Å². The molecule has 3 aromatic carbocycles. The Morgan fingerprint density at radius 1 is 0.667 bits per heavy atom. The van der Waals surface area contributed by atoms with Gasteiger partial charge < -0.3 is 5.11 Å². The highest BCUT2D eigenvalue weighted by molar-refractivity contribution is 6.07. The Kier molecular flexibility index (Phi) is 1.65. The smallest absolute Gasteiger partial charge is 0.116 e. The molecule has 0 aliphatic carbocycles. The van der Waals surface area contributed by atoms with E-state index in [0.717, 1.165) is 5.39 Å². The molecule has 1 heteroatoms. The molecule has 0 aliphatic rings. The number of hydrogen-bond acceptors (Lipinski definition) is 1. The van der Waals surface area contributed by atoms with Gasteiger partial charge in [0, 0.05) is 0 Å². The summed E-state index contributed by atoms with van der Waals surface area (Å²) in [6.45, 7) is 0. The maximum atomic E-state index is 9.40. The van der Waals surface area contributed by atoms with Gasteiger partial charge in [-0.15, -0.1) is 0 Å². The van der Waals surface area contributed by atoms with E-state index in [0.29, 0.717) is 5.75 Å². The molecule has 1 N–H and O–H groups in total. The average molecular weight is 194 g/mol. The molecule has 0 atom stereocenters. The maximum absolute atomic E-state index is 9.40. The van der Waals surface area contributed by atoms with E-state index in [2.05, 4.69) is 18.2 Å². The molecule has 0 fully saturated rings. The highest BCUT2D eigenvalue weighted by Gasteiger charge is 1.99. The minimum absolute atomic E-state index is 0.317. The van der Waals surface area contributed by atoms with Crippen molar-refractivity contribution in [1.29, 1.82) is 0 Å². The van der Waals surface area contributed by atoms with Gasteiger partial charge >= 0.3 is 0 Å². The molecule has 0 radical (unpaired) electrons. The van der Waals surface area contributed by atoms with Crippen molar-refractivity contribution in [2.24, 2.45) is 0 Å². The predicted octanol–water partition coefficient (Wildman–Crippen LogP) is 3.70. The maximum Gasteiger partial charge on any atom is 0.116 e. The van der Waals surface area contributed by atoms with E-state index < -0.39 is 0 Å². The van der Waals surface area contributed by atoms with Gasteiger partial charge in [0.2, 0.25) is 0 Å². The molecule has 72 valence electrons. The summed E-state index contributed by atoms with van der Waals surface area (Å²) in [4.78, 5) is 0. The van der Waals surface area contributed by atoms with Crippen LogP contribution < -0.4 is 0 Å². The molecular weight excluding hydrogens is 184 g/mol. The number of fused-ring (bicyclic) bond motifs is 3. The Hall–Kier alpha value is -2.02. The largest absolute Gasteiger partial charge is 0.508 e. The minimum atomic E-state index is 0.317. The van der Waals surface area contributed by atoms with Gasteiger partial charge in [0.1, 0.15) is 5.75 Å². The molecule has 0 amide bonds. The van der Waals surface area contributed by atoms with Crippen LogP contribution in [0.2, 0.25) is 0 Å². The molecular formula is C14H10O. The van der Waals surface area contributed by atoms with E-state index in [1.807, 2.05) is 24.3 Å². The lowest BCUT2D eigenvalue weighted by atomic mass is 10.0. The molecule has 3 rings (SSSR count). The third-order valence-electron chi connectivity index (χ3n) is 2.73. The first kappa shape index (κ1) is 8.30. The van der Waals surface area contributed by atoms with Crippen LogP contribution in [-0.4, -0.2) is 5.11 Å². The Bertz CT molecular complexity index is 641. The van der Waals surface area contributed by atoms with Crippen molar-refractivity contribution in [1.82, 2.24) is 0 Å². The van der Waals surface area contributed by atoms with Crippen LogP contribution in [0.15, 0.2) is 54.6 Å². The number of hydrogen-bond donors (Lipinski definition) is 1. The lowest BCUT2D eigenvalue weighted by Gasteiger charge is -2.03. The number of phenolic OH excluding ortho intramolecular Hbond substituents is 1. The molecule has 0 saturated carbocycles. The zero-order valence-electron chi connectivity index (χ0n) is 8.14. The van der Waals surface area contributed by atoms with Crippen LogP contribution in [0.25, 0.3) is 21.5 Å². The van der Waals surface area contributed by atoms with Gasteiger partial charge in [0.15, 0.2) is 0 Å². The second-order valence-electron chi connectivity index (χ2n) is 3.69. The monoisotopic (exact) mass is 194 g/mol. The van der Waals surface area contributed by atoms with Gasteiger partial charge in [-0.3, -0.25) is 0 Å². The van der Waals surface area contributed by atoms with E-state index in [1.54, 1.807) is 12.1 Å². The highest BCUT2D eigenvalue weighted by atomic mass is 16.3. The number of aromatic hydroxyl groups is 1. The normalized spacial score (nSPS) is 10.9. The fraction of sp³-hybridized carbons (Fsp3) is 0. The Morgan fingerprint density at radius 2 is 1.40 bits per heavy atom. The van der Waals surface area contributed by atoms with Crippen molar-refractivity contribution in [3.05, 3.63) is 54.6 Å². The zero-order chi connectivity index (χ0) is 10.3. The summed E-state index contributed by atoms with van der Waals surface area (Å²) >= 11 is 0. The molecule has 0 aliphatic heterocycles. The predicted molar refractivity (Wildman–Crippen MR) is 63.1 cm³/mol. The third-order valence-corrected chi connectivity index (χ3v) is 2.73. The van der Waals surface area contributed by atoms with Crippen LogP contribution in [0, 0.1) is 0 Å². The van der Waals surface area contributed by atoms with Gasteiger partial charge in [0.05, 0.1) is 0 Å². The number of benzene rings is 3. The van der Waals surface area contributed by atoms with Crippen LogP contribution in [0.1, 0.15) is 0 Å². The molecule has 3 aromatic rings. The van der Waals surface area contributed by atoms with Crippen molar-refractivity contribution >= 4 is 21.5 Å². The topological polar surface area (TPSA) is 20.2 Å². The summed E-state index contributed by atoms with van der Waals surface area (Å²) in [5.74, 6) is 0.317. The first-order chi connectivity index (χ1) is 7.34. The summed E-state index contributed by atoms with van der Waals surface area (Å²) in [7, 11) is 0. The van der Waals surface area contributed by atoms with E-state index in [-0.39, 0.29) is 0 Å². The Morgan fingerprint density at radius 3 is 2.33 bits per heavy atom. The van der Waals surface area contributed by atoms with Crippen LogP contribution in [-0.2, 0) is 0 Å². The van der Waals surface area contributed by atoms with Gasteiger partial charge in [0.25, 0.3) is 0 Å². The third kappa shape index (κ3) is 1.24. The molecule has 0 aromatic heterocycles. The highest BCUT2D eigenvalue weighted by Crippen LogP contribution is 2.27. The van der Waals surface area contributed by atoms with E-state index in [1.165, 1.54) is 16.2 Å². The van der Waals surface area contributed by atoms with E-state index >= 15 is 0 Å². The summed E-state index contributed by atoms with van der Waals surface area (Å²) in [5, 5.41) is 14.1. The fourth-order valence-corrected chi connectivity index (χ4v) is 2.00. The standard InChI is InChI=1S/C14H10O/c15-12-7-8-14-11(9-12)6-5-10-3-1-2-4-13(10)14/h1-9,15H. The van der Waals surface area contributed by atoms with Gasteiger partial charge in [-0.05, 0) is 33.7 Å². The van der Waals surface area contributed by atoms with E-state index in [4.69, 9.17) is 0 Å². The van der Waals surface area contributed by atoms with Crippen LogP contribution in [0.5, 0.6) is 5.75 Å². The quantitative estimate of drug-likeness (QED) is 0.541. The molecule has 15 heavy (non-hydrogen) atoms. The summed E-state index contributed by atoms with van der Waals surface area (Å²) < 4.78 is 0. The van der Waals surface area contributed by atoms with Crippen molar-refractivity contribution < 1.29 is 5.11 Å². The zero-order valence-corrected chi connectivity index (χ0v) is 8.14. The molecule has 0 spiro atoms. The lowest BCUT2D eigenvalue weighted by molar-refractivity contribution is 0.476. The van der Waals surface area contributed by atoms with Crippen molar-refractivity contribution in [2.45, 2.75) is 0 Å². The van der Waals surface area contributed by atoms with Crippen LogP contribution in [0.4, 0.5) is 0 Å². The summed E-state index contributed by atoms with van der Waals surface area (Å²) in [6.07, 6.45) is 0. The second-order valence-corrected chi connectivity index (χ2v) is 3.69. The minimum Gasteiger partial charge on any atom is -0.508 e.